The van der Waals surface area contributed by atoms with Crippen molar-refractivity contribution in [3.63, 3.8) is 0 Å². The average molecular weight is 280 g/mol. The Morgan fingerprint density at radius 3 is 2.75 bits per heavy atom. The lowest BCUT2D eigenvalue weighted by Crippen LogP contribution is -2.37. The van der Waals surface area contributed by atoms with Crippen LogP contribution in [-0.2, 0) is 17.8 Å². The maximum Gasteiger partial charge on any atom is 0.240 e. The molecule has 1 rings (SSSR count). The quantitative estimate of drug-likeness (QED) is 0.675. The number of carbonyl (C=O) groups is 1. The van der Waals surface area contributed by atoms with Crippen molar-refractivity contribution in [2.45, 2.75) is 53.1 Å². The van der Waals surface area contributed by atoms with E-state index in [2.05, 4.69) is 36.4 Å². The van der Waals surface area contributed by atoms with Crippen LogP contribution < -0.4 is 10.6 Å². The molecule has 0 fully saturated rings. The molecule has 0 bridgehead atoms. The minimum absolute atomic E-state index is 0.0410. The number of rotatable bonds is 9. The molecule has 1 aromatic rings. The number of nitrogens with zero attached hydrogens (tertiary/aromatic N) is 2. The Labute approximate surface area is 122 Å². The van der Waals surface area contributed by atoms with E-state index in [9.17, 15) is 4.79 Å². The molecule has 0 aliphatic heterocycles. The highest BCUT2D eigenvalue weighted by atomic mass is 16.2. The van der Waals surface area contributed by atoms with E-state index in [1.54, 1.807) is 6.33 Å². The zero-order valence-corrected chi connectivity index (χ0v) is 13.1. The molecule has 1 atom stereocenters. The topological polar surface area (TPSA) is 59.0 Å². The summed E-state index contributed by atoms with van der Waals surface area (Å²) in [6.45, 7) is 10.7. The molecule has 1 amide bonds. The number of amides is 1. The molecule has 20 heavy (non-hydrogen) atoms. The lowest BCUT2D eigenvalue weighted by Gasteiger charge is -2.17. The zero-order chi connectivity index (χ0) is 15.0. The fraction of sp³-hybridized carbons (Fsp3) is 0.733. The second-order valence-electron chi connectivity index (χ2n) is 5.64. The lowest BCUT2D eigenvalue weighted by atomic mass is 10.1. The van der Waals surface area contributed by atoms with E-state index in [1.807, 2.05) is 17.7 Å². The van der Waals surface area contributed by atoms with Gasteiger partial charge in [0.2, 0.25) is 5.91 Å². The highest BCUT2D eigenvalue weighted by Crippen LogP contribution is 2.01. The SMILES string of the molecule is CCCNCCc1cn(CC(=O)NC(C)C(C)C)cn1. The molecule has 0 spiro atoms. The Morgan fingerprint density at radius 2 is 2.10 bits per heavy atom. The van der Waals surface area contributed by atoms with Gasteiger partial charge in [-0.25, -0.2) is 4.98 Å². The number of aromatic nitrogens is 2. The van der Waals surface area contributed by atoms with Gasteiger partial charge in [-0.1, -0.05) is 20.8 Å². The number of imidazole rings is 1. The molecule has 1 heterocycles. The summed E-state index contributed by atoms with van der Waals surface area (Å²) in [7, 11) is 0. The molecule has 0 aliphatic rings. The number of nitrogens with one attached hydrogen (secondary N) is 2. The van der Waals surface area contributed by atoms with Crippen LogP contribution in [0.2, 0.25) is 0 Å². The van der Waals surface area contributed by atoms with Crippen LogP contribution in [0.5, 0.6) is 0 Å². The number of hydrogen-bond donors (Lipinski definition) is 2. The van der Waals surface area contributed by atoms with Crippen LogP contribution in [-0.4, -0.2) is 34.6 Å². The minimum Gasteiger partial charge on any atom is -0.352 e. The van der Waals surface area contributed by atoms with Crippen molar-refractivity contribution in [3.05, 3.63) is 18.2 Å². The maximum atomic E-state index is 11.9. The molecule has 0 aliphatic carbocycles. The van der Waals surface area contributed by atoms with Gasteiger partial charge in [0, 0.05) is 25.2 Å². The van der Waals surface area contributed by atoms with Gasteiger partial charge in [-0.15, -0.1) is 0 Å². The first kappa shape index (κ1) is 16.7. The van der Waals surface area contributed by atoms with Crippen molar-refractivity contribution in [2.24, 2.45) is 5.92 Å². The molecule has 2 N–H and O–H groups in total. The van der Waals surface area contributed by atoms with Crippen molar-refractivity contribution >= 4 is 5.91 Å². The summed E-state index contributed by atoms with van der Waals surface area (Å²) in [5.41, 5.74) is 1.03. The van der Waals surface area contributed by atoms with Gasteiger partial charge in [0.15, 0.2) is 0 Å². The Balaban J connectivity index is 2.34. The van der Waals surface area contributed by atoms with Gasteiger partial charge in [-0.3, -0.25) is 4.79 Å². The van der Waals surface area contributed by atoms with Gasteiger partial charge >= 0.3 is 0 Å². The summed E-state index contributed by atoms with van der Waals surface area (Å²) in [6, 6.07) is 0.198. The Bertz CT molecular complexity index is 400. The van der Waals surface area contributed by atoms with E-state index in [0.717, 1.165) is 31.6 Å². The van der Waals surface area contributed by atoms with Crippen molar-refractivity contribution in [3.8, 4) is 0 Å². The minimum atomic E-state index is 0.0410. The fourth-order valence-corrected chi connectivity index (χ4v) is 1.77. The van der Waals surface area contributed by atoms with E-state index >= 15 is 0 Å². The molecular formula is C15H28N4O. The molecule has 5 nitrogen and oxygen atoms in total. The van der Waals surface area contributed by atoms with Gasteiger partial charge in [0.05, 0.1) is 12.0 Å². The van der Waals surface area contributed by atoms with Crippen LogP contribution in [0.15, 0.2) is 12.5 Å². The standard InChI is InChI=1S/C15H28N4O/c1-5-7-16-8-6-14-9-19(11-17-14)10-15(20)18-13(4)12(2)3/h9,11-13,16H,5-8,10H2,1-4H3,(H,18,20). The summed E-state index contributed by atoms with van der Waals surface area (Å²) in [4.78, 5) is 16.2. The third-order valence-electron chi connectivity index (χ3n) is 3.39. The monoisotopic (exact) mass is 280 g/mol. The predicted molar refractivity (Wildman–Crippen MR) is 81.5 cm³/mol. The molecule has 0 saturated carbocycles. The molecule has 1 unspecified atom stereocenters. The second-order valence-corrected chi connectivity index (χ2v) is 5.64. The third-order valence-corrected chi connectivity index (χ3v) is 3.39. The number of carbonyl (C=O) groups excluding carboxylic acids is 1. The van der Waals surface area contributed by atoms with E-state index in [0.29, 0.717) is 12.5 Å². The van der Waals surface area contributed by atoms with Crippen LogP contribution in [0.1, 0.15) is 39.8 Å². The molecule has 114 valence electrons. The van der Waals surface area contributed by atoms with E-state index in [4.69, 9.17) is 0 Å². The van der Waals surface area contributed by atoms with Crippen molar-refractivity contribution in [1.29, 1.82) is 0 Å². The Morgan fingerprint density at radius 1 is 1.35 bits per heavy atom. The molecule has 0 radical (unpaired) electrons. The summed E-state index contributed by atoms with van der Waals surface area (Å²) < 4.78 is 1.84. The summed E-state index contributed by atoms with van der Waals surface area (Å²) in [5, 5.41) is 6.34. The second kappa shape index (κ2) is 8.74. The molecule has 0 aromatic carbocycles. The maximum absolute atomic E-state index is 11.9. The third kappa shape index (κ3) is 6.19. The largest absolute Gasteiger partial charge is 0.352 e. The van der Waals surface area contributed by atoms with Crippen LogP contribution in [0.3, 0.4) is 0 Å². The lowest BCUT2D eigenvalue weighted by molar-refractivity contribution is -0.122. The predicted octanol–water partition coefficient (Wildman–Crippen LogP) is 1.59. The van der Waals surface area contributed by atoms with Crippen molar-refractivity contribution in [1.82, 2.24) is 20.2 Å². The molecule has 1 aromatic heterocycles. The van der Waals surface area contributed by atoms with Gasteiger partial charge in [-0.05, 0) is 25.8 Å². The highest BCUT2D eigenvalue weighted by Gasteiger charge is 2.11. The van der Waals surface area contributed by atoms with Crippen LogP contribution in [0, 0.1) is 5.92 Å². The van der Waals surface area contributed by atoms with Gasteiger partial charge in [0.1, 0.15) is 6.54 Å². The number of hydrogen-bond acceptors (Lipinski definition) is 3. The van der Waals surface area contributed by atoms with E-state index in [1.165, 1.54) is 0 Å². The van der Waals surface area contributed by atoms with Gasteiger partial charge < -0.3 is 15.2 Å². The van der Waals surface area contributed by atoms with Gasteiger partial charge in [0.25, 0.3) is 0 Å². The van der Waals surface area contributed by atoms with Crippen LogP contribution in [0.25, 0.3) is 0 Å². The first-order valence-corrected chi connectivity index (χ1v) is 7.53. The summed E-state index contributed by atoms with van der Waals surface area (Å²) >= 11 is 0. The van der Waals surface area contributed by atoms with Gasteiger partial charge in [-0.2, -0.15) is 0 Å². The summed E-state index contributed by atoms with van der Waals surface area (Å²) in [6.07, 6.45) is 5.72. The molecule has 5 heteroatoms. The first-order chi connectivity index (χ1) is 9.52. The van der Waals surface area contributed by atoms with E-state index < -0.39 is 0 Å². The fourth-order valence-electron chi connectivity index (χ4n) is 1.77. The Hall–Kier alpha value is -1.36. The smallest absolute Gasteiger partial charge is 0.240 e. The molecular weight excluding hydrogens is 252 g/mol. The zero-order valence-electron chi connectivity index (χ0n) is 13.1. The Kier molecular flexibility index (Phi) is 7.30. The van der Waals surface area contributed by atoms with Crippen molar-refractivity contribution < 1.29 is 4.79 Å². The van der Waals surface area contributed by atoms with Crippen LogP contribution in [0.4, 0.5) is 0 Å². The summed E-state index contributed by atoms with van der Waals surface area (Å²) in [5.74, 6) is 0.487. The van der Waals surface area contributed by atoms with E-state index in [-0.39, 0.29) is 11.9 Å². The highest BCUT2D eigenvalue weighted by molar-refractivity contribution is 5.76. The normalized spacial score (nSPS) is 12.7. The average Bonchev–Trinajstić information content (AvgIpc) is 2.82. The first-order valence-electron chi connectivity index (χ1n) is 7.53. The van der Waals surface area contributed by atoms with Crippen LogP contribution >= 0.6 is 0 Å². The molecule has 0 saturated heterocycles. The van der Waals surface area contributed by atoms with Crippen molar-refractivity contribution in [2.75, 3.05) is 13.1 Å².